The van der Waals surface area contributed by atoms with Gasteiger partial charge in [-0.2, -0.15) is 0 Å². The van der Waals surface area contributed by atoms with Crippen LogP contribution in [0.5, 0.6) is 0 Å². The lowest BCUT2D eigenvalue weighted by Gasteiger charge is -2.13. The van der Waals surface area contributed by atoms with Crippen molar-refractivity contribution in [2.24, 2.45) is 0 Å². The summed E-state index contributed by atoms with van der Waals surface area (Å²) in [5.41, 5.74) is 1.14. The van der Waals surface area contributed by atoms with Crippen LogP contribution in [-0.4, -0.2) is 15.5 Å². The van der Waals surface area contributed by atoms with Crippen molar-refractivity contribution in [2.45, 2.75) is 19.9 Å². The monoisotopic (exact) mass is 369 g/mol. The fraction of sp³-hybridized carbons (Fsp3) is 0.150. The van der Waals surface area contributed by atoms with E-state index in [1.54, 1.807) is 0 Å². The molecule has 0 bridgehead atoms. The molecule has 0 fully saturated rings. The molecule has 3 aromatic rings. The van der Waals surface area contributed by atoms with E-state index in [-0.39, 0.29) is 17.9 Å². The molecule has 0 aliphatic heterocycles. The Hall–Kier alpha value is -3.35. The number of rotatable bonds is 5. The average molecular weight is 369 g/mol. The van der Waals surface area contributed by atoms with Gasteiger partial charge in [0, 0.05) is 23.0 Å². The van der Waals surface area contributed by atoms with Crippen LogP contribution < -0.4 is 10.9 Å². The Morgan fingerprint density at radius 2 is 1.63 bits per heavy atom. The Morgan fingerprint density at radius 1 is 1.04 bits per heavy atom. The molecular formula is C20H17F2N3O2. The summed E-state index contributed by atoms with van der Waals surface area (Å²) < 4.78 is 27.4. The smallest absolute Gasteiger partial charge is 0.254 e. The van der Waals surface area contributed by atoms with Crippen LogP contribution in [0.4, 0.5) is 14.5 Å². The molecule has 1 N–H and O–H groups in total. The van der Waals surface area contributed by atoms with Crippen LogP contribution in [0.15, 0.2) is 59.4 Å². The van der Waals surface area contributed by atoms with Gasteiger partial charge in [-0.25, -0.2) is 13.8 Å². The number of halogens is 2. The minimum atomic E-state index is -0.460. The van der Waals surface area contributed by atoms with Crippen molar-refractivity contribution in [3.63, 3.8) is 0 Å². The quantitative estimate of drug-likeness (QED) is 0.750. The lowest BCUT2D eigenvalue weighted by molar-refractivity contribution is -0.116. The van der Waals surface area contributed by atoms with Crippen molar-refractivity contribution >= 4 is 11.6 Å². The summed E-state index contributed by atoms with van der Waals surface area (Å²) >= 11 is 0. The molecule has 0 aliphatic carbocycles. The molecule has 0 saturated carbocycles. The van der Waals surface area contributed by atoms with E-state index >= 15 is 0 Å². The number of hydrogen-bond donors (Lipinski definition) is 1. The Kier molecular flexibility index (Phi) is 5.40. The Balaban J connectivity index is 1.93. The van der Waals surface area contributed by atoms with E-state index in [1.807, 2.05) is 6.92 Å². The topological polar surface area (TPSA) is 64.0 Å². The molecule has 1 amide bonds. The minimum absolute atomic E-state index is 0.278. The number of anilines is 1. The first-order chi connectivity index (χ1) is 13.0. The maximum absolute atomic E-state index is 13.2. The third-order valence-electron chi connectivity index (χ3n) is 3.96. The maximum Gasteiger partial charge on any atom is 0.254 e. The van der Waals surface area contributed by atoms with Crippen molar-refractivity contribution in [1.82, 2.24) is 9.55 Å². The van der Waals surface area contributed by atoms with E-state index < -0.39 is 17.5 Å². The zero-order valence-electron chi connectivity index (χ0n) is 14.6. The van der Waals surface area contributed by atoms with Gasteiger partial charge in [-0.15, -0.1) is 0 Å². The summed E-state index contributed by atoms with van der Waals surface area (Å²) in [6.45, 7) is 1.59. The number of nitrogens with zero attached hydrogens (tertiary/aromatic N) is 2. The van der Waals surface area contributed by atoms with Crippen LogP contribution in [0.25, 0.3) is 11.4 Å². The lowest BCUT2D eigenvalue weighted by Crippen LogP contribution is -2.30. The molecule has 1 aromatic heterocycles. The zero-order valence-corrected chi connectivity index (χ0v) is 14.6. The number of aryl methyl sites for hydroxylation is 1. The van der Waals surface area contributed by atoms with Crippen LogP contribution >= 0.6 is 0 Å². The van der Waals surface area contributed by atoms with Crippen LogP contribution in [-0.2, 0) is 17.8 Å². The first-order valence-corrected chi connectivity index (χ1v) is 8.38. The van der Waals surface area contributed by atoms with Crippen molar-refractivity contribution in [3.8, 4) is 11.4 Å². The third-order valence-corrected chi connectivity index (χ3v) is 3.96. The highest BCUT2D eigenvalue weighted by Gasteiger charge is 2.14. The molecule has 0 spiro atoms. The van der Waals surface area contributed by atoms with Gasteiger partial charge in [0.2, 0.25) is 5.91 Å². The van der Waals surface area contributed by atoms with E-state index in [1.165, 1.54) is 59.2 Å². The predicted molar refractivity (Wildman–Crippen MR) is 98.3 cm³/mol. The molecule has 3 rings (SSSR count). The fourth-order valence-electron chi connectivity index (χ4n) is 2.58. The zero-order chi connectivity index (χ0) is 19.4. The molecule has 0 aliphatic rings. The van der Waals surface area contributed by atoms with Gasteiger partial charge in [-0.1, -0.05) is 6.92 Å². The van der Waals surface area contributed by atoms with Crippen LogP contribution in [0.3, 0.4) is 0 Å². The van der Waals surface area contributed by atoms with Crippen LogP contribution in [0.1, 0.15) is 12.6 Å². The van der Waals surface area contributed by atoms with Crippen molar-refractivity contribution < 1.29 is 13.6 Å². The van der Waals surface area contributed by atoms with Crippen molar-refractivity contribution in [1.29, 1.82) is 0 Å². The Morgan fingerprint density at radius 3 is 2.22 bits per heavy atom. The van der Waals surface area contributed by atoms with Crippen LogP contribution in [0.2, 0.25) is 0 Å². The highest BCUT2D eigenvalue weighted by molar-refractivity contribution is 5.90. The van der Waals surface area contributed by atoms with Gasteiger partial charge >= 0.3 is 0 Å². The lowest BCUT2D eigenvalue weighted by atomic mass is 10.2. The second kappa shape index (κ2) is 7.90. The maximum atomic E-state index is 13.2. The molecule has 5 nitrogen and oxygen atoms in total. The van der Waals surface area contributed by atoms with Gasteiger partial charge in [0.05, 0.1) is 0 Å². The van der Waals surface area contributed by atoms with Crippen molar-refractivity contribution in [3.05, 3.63) is 82.3 Å². The largest absolute Gasteiger partial charge is 0.325 e. The molecule has 27 heavy (non-hydrogen) atoms. The summed E-state index contributed by atoms with van der Waals surface area (Å²) in [7, 11) is 0. The van der Waals surface area contributed by atoms with Crippen LogP contribution in [0, 0.1) is 11.6 Å². The number of aromatic nitrogens is 2. The van der Waals surface area contributed by atoms with E-state index in [0.717, 1.165) is 0 Å². The van der Waals surface area contributed by atoms with Crippen molar-refractivity contribution in [2.75, 3.05) is 5.32 Å². The number of hydrogen-bond acceptors (Lipinski definition) is 3. The molecule has 0 atom stereocenters. The van der Waals surface area contributed by atoms with Gasteiger partial charge in [-0.3, -0.25) is 14.2 Å². The normalized spacial score (nSPS) is 10.6. The predicted octanol–water partition coefficient (Wildman–Crippen LogP) is 3.39. The SMILES string of the molecule is CCc1cc(=O)n(CC(=O)Nc2ccc(F)cc2)c(-c2ccc(F)cc2)n1. The summed E-state index contributed by atoms with van der Waals surface area (Å²) in [5.74, 6) is -0.998. The van der Waals surface area contributed by atoms with E-state index in [4.69, 9.17) is 0 Å². The summed E-state index contributed by atoms with van der Waals surface area (Å²) in [6.07, 6.45) is 0.548. The van der Waals surface area contributed by atoms with E-state index in [0.29, 0.717) is 23.4 Å². The number of benzene rings is 2. The van der Waals surface area contributed by atoms with Gasteiger partial charge < -0.3 is 5.32 Å². The highest BCUT2D eigenvalue weighted by Crippen LogP contribution is 2.17. The highest BCUT2D eigenvalue weighted by atomic mass is 19.1. The Bertz CT molecular complexity index is 1010. The van der Waals surface area contributed by atoms with E-state index in [9.17, 15) is 18.4 Å². The molecule has 7 heteroatoms. The Labute approximate surface area is 154 Å². The van der Waals surface area contributed by atoms with E-state index in [2.05, 4.69) is 10.3 Å². The second-order valence-electron chi connectivity index (χ2n) is 5.91. The number of amides is 1. The molecular weight excluding hydrogens is 352 g/mol. The molecule has 0 radical (unpaired) electrons. The second-order valence-corrected chi connectivity index (χ2v) is 5.91. The molecule has 0 saturated heterocycles. The third kappa shape index (κ3) is 4.44. The standard InChI is InChI=1S/C20H17F2N3O2/c1-2-16-11-19(27)25(20(24-16)13-3-5-14(21)6-4-13)12-18(26)23-17-9-7-15(22)8-10-17/h3-11H,2,12H2,1H3,(H,23,26). The first kappa shape index (κ1) is 18.4. The number of nitrogens with one attached hydrogen (secondary N) is 1. The first-order valence-electron chi connectivity index (χ1n) is 8.38. The fourth-order valence-corrected chi connectivity index (χ4v) is 2.58. The minimum Gasteiger partial charge on any atom is -0.325 e. The molecule has 138 valence electrons. The summed E-state index contributed by atoms with van der Waals surface area (Å²) in [5, 5.41) is 2.61. The molecule has 0 unspecified atom stereocenters. The molecule has 1 heterocycles. The van der Waals surface area contributed by atoms with Gasteiger partial charge in [-0.05, 0) is 55.0 Å². The van der Waals surface area contributed by atoms with Gasteiger partial charge in [0.25, 0.3) is 5.56 Å². The summed E-state index contributed by atoms with van der Waals surface area (Å²) in [4.78, 5) is 29.3. The molecule has 2 aromatic carbocycles. The average Bonchev–Trinajstić information content (AvgIpc) is 2.66. The number of carbonyl (C=O) groups excluding carboxylic acids is 1. The van der Waals surface area contributed by atoms with Gasteiger partial charge in [0.1, 0.15) is 24.0 Å². The number of carbonyl (C=O) groups is 1. The van der Waals surface area contributed by atoms with Gasteiger partial charge in [0.15, 0.2) is 0 Å². The summed E-state index contributed by atoms with van der Waals surface area (Å²) in [6, 6.07) is 12.2.